The maximum absolute atomic E-state index is 5.61. The summed E-state index contributed by atoms with van der Waals surface area (Å²) in [6.07, 6.45) is 3.46. The van der Waals surface area contributed by atoms with Crippen LogP contribution < -0.4 is 11.1 Å². The summed E-state index contributed by atoms with van der Waals surface area (Å²) in [6, 6.07) is 13.9. The Bertz CT molecular complexity index is 687. The van der Waals surface area contributed by atoms with Crippen LogP contribution in [0.25, 0.3) is 10.9 Å². The molecule has 3 N–H and O–H groups in total. The van der Waals surface area contributed by atoms with Gasteiger partial charge in [-0.3, -0.25) is 4.98 Å². The minimum atomic E-state index is 0.664. The molecule has 0 aliphatic carbocycles. The van der Waals surface area contributed by atoms with Gasteiger partial charge in [-0.2, -0.15) is 0 Å². The van der Waals surface area contributed by atoms with Gasteiger partial charge >= 0.3 is 0 Å². The smallest absolute Gasteiger partial charge is 0.126 e. The summed E-state index contributed by atoms with van der Waals surface area (Å²) in [6.45, 7) is 0.686. The molecule has 3 aromatic rings. The van der Waals surface area contributed by atoms with Crippen molar-refractivity contribution in [3.8, 4) is 0 Å². The van der Waals surface area contributed by atoms with Crippen molar-refractivity contribution in [2.24, 2.45) is 0 Å². The van der Waals surface area contributed by atoms with Gasteiger partial charge in [-0.25, -0.2) is 4.98 Å². The highest BCUT2D eigenvalue weighted by atomic mass is 15.0. The number of hydrogen-bond donors (Lipinski definition) is 2. The Balaban J connectivity index is 1.84. The fourth-order valence-electron chi connectivity index (χ4n) is 2.01. The first-order valence-electron chi connectivity index (χ1n) is 6.11. The van der Waals surface area contributed by atoms with Gasteiger partial charge in [-0.05, 0) is 23.8 Å². The van der Waals surface area contributed by atoms with E-state index < -0.39 is 0 Å². The van der Waals surface area contributed by atoms with E-state index in [4.69, 9.17) is 5.73 Å². The molecule has 2 aromatic heterocycles. The second-order valence-electron chi connectivity index (χ2n) is 4.32. The lowest BCUT2D eigenvalue weighted by Crippen LogP contribution is -2.02. The lowest BCUT2D eigenvalue weighted by molar-refractivity contribution is 1.12. The summed E-state index contributed by atoms with van der Waals surface area (Å²) in [7, 11) is 0. The number of para-hydroxylation sites is 1. The predicted molar refractivity (Wildman–Crippen MR) is 77.7 cm³/mol. The van der Waals surface area contributed by atoms with E-state index in [2.05, 4.69) is 33.5 Å². The zero-order valence-electron chi connectivity index (χ0n) is 10.4. The number of hydrogen-bond acceptors (Lipinski definition) is 4. The normalized spacial score (nSPS) is 10.5. The second-order valence-corrected chi connectivity index (χ2v) is 4.32. The minimum absolute atomic E-state index is 0.664. The Labute approximate surface area is 111 Å². The van der Waals surface area contributed by atoms with Crippen molar-refractivity contribution in [2.45, 2.75) is 6.54 Å². The molecule has 0 fully saturated rings. The molecule has 0 saturated carbocycles. The van der Waals surface area contributed by atoms with Crippen LogP contribution in [0.2, 0.25) is 0 Å². The van der Waals surface area contributed by atoms with Crippen LogP contribution in [0.1, 0.15) is 5.56 Å². The molecule has 0 amide bonds. The Kier molecular flexibility index (Phi) is 2.98. The number of fused-ring (bicyclic) bond motifs is 1. The highest BCUT2D eigenvalue weighted by molar-refractivity contribution is 5.81. The predicted octanol–water partition coefficient (Wildman–Crippen LogP) is 2.82. The van der Waals surface area contributed by atoms with E-state index in [9.17, 15) is 0 Å². The molecule has 0 atom stereocenters. The first-order valence-corrected chi connectivity index (χ1v) is 6.11. The molecule has 0 unspecified atom stereocenters. The van der Waals surface area contributed by atoms with Gasteiger partial charge in [0.25, 0.3) is 0 Å². The molecule has 19 heavy (non-hydrogen) atoms. The average molecular weight is 250 g/mol. The van der Waals surface area contributed by atoms with Gasteiger partial charge in [-0.1, -0.05) is 24.3 Å². The molecule has 0 saturated heterocycles. The van der Waals surface area contributed by atoms with Gasteiger partial charge in [0.05, 0.1) is 17.4 Å². The largest absolute Gasteiger partial charge is 0.397 e. The first kappa shape index (κ1) is 11.5. The third-order valence-electron chi connectivity index (χ3n) is 2.96. The monoisotopic (exact) mass is 250 g/mol. The first-order chi connectivity index (χ1) is 9.33. The van der Waals surface area contributed by atoms with Crippen LogP contribution in [0.3, 0.4) is 0 Å². The number of nitrogen functional groups attached to an aromatic ring is 1. The summed E-state index contributed by atoms with van der Waals surface area (Å²) in [5.41, 5.74) is 8.44. The fraction of sp³-hybridized carbons (Fsp3) is 0.0667. The quantitative estimate of drug-likeness (QED) is 0.750. The molecule has 0 radical (unpaired) electrons. The second kappa shape index (κ2) is 4.94. The Morgan fingerprint density at radius 2 is 1.89 bits per heavy atom. The molecule has 0 aliphatic heterocycles. The van der Waals surface area contributed by atoms with E-state index in [-0.39, 0.29) is 0 Å². The molecule has 4 nitrogen and oxygen atoms in total. The maximum Gasteiger partial charge on any atom is 0.126 e. The number of anilines is 2. The third-order valence-corrected chi connectivity index (χ3v) is 2.96. The number of pyridine rings is 2. The molecule has 3 rings (SSSR count). The van der Waals surface area contributed by atoms with Crippen molar-refractivity contribution in [1.82, 2.24) is 9.97 Å². The SMILES string of the molecule is Nc1ccc(NCc2cccc3cccnc23)nc1. The topological polar surface area (TPSA) is 63.8 Å². The van der Waals surface area contributed by atoms with Crippen LogP contribution in [0.4, 0.5) is 11.5 Å². The minimum Gasteiger partial charge on any atom is -0.397 e. The number of nitrogens with one attached hydrogen (secondary N) is 1. The van der Waals surface area contributed by atoms with E-state index in [1.807, 2.05) is 30.5 Å². The van der Waals surface area contributed by atoms with Crippen molar-refractivity contribution in [3.05, 3.63) is 60.4 Å². The lowest BCUT2D eigenvalue weighted by atomic mass is 10.1. The fourth-order valence-corrected chi connectivity index (χ4v) is 2.01. The van der Waals surface area contributed by atoms with Crippen molar-refractivity contribution < 1.29 is 0 Å². The number of aromatic nitrogens is 2. The number of nitrogens with zero attached hydrogens (tertiary/aromatic N) is 2. The third kappa shape index (κ3) is 2.47. The van der Waals surface area contributed by atoms with Gasteiger partial charge in [0, 0.05) is 18.1 Å². The summed E-state index contributed by atoms with van der Waals surface area (Å²) in [5.74, 6) is 0.808. The van der Waals surface area contributed by atoms with Crippen LogP contribution in [0.5, 0.6) is 0 Å². The van der Waals surface area contributed by atoms with Crippen LogP contribution in [-0.4, -0.2) is 9.97 Å². The summed E-state index contributed by atoms with van der Waals surface area (Å²) in [5, 5.41) is 4.42. The van der Waals surface area contributed by atoms with Crippen molar-refractivity contribution >= 4 is 22.4 Å². The van der Waals surface area contributed by atoms with Gasteiger partial charge in [0.2, 0.25) is 0 Å². The van der Waals surface area contributed by atoms with E-state index in [0.29, 0.717) is 12.2 Å². The van der Waals surface area contributed by atoms with E-state index in [0.717, 1.165) is 22.3 Å². The molecule has 0 aliphatic rings. The van der Waals surface area contributed by atoms with Gasteiger partial charge < -0.3 is 11.1 Å². The van der Waals surface area contributed by atoms with E-state index in [1.165, 1.54) is 0 Å². The van der Waals surface area contributed by atoms with Crippen LogP contribution in [0.15, 0.2) is 54.9 Å². The standard InChI is InChI=1S/C15H14N4/c16-13-6-7-14(19-10-13)18-9-12-4-1-3-11-5-2-8-17-15(11)12/h1-8,10H,9,16H2,(H,18,19). The number of rotatable bonds is 3. The van der Waals surface area contributed by atoms with Crippen molar-refractivity contribution in [1.29, 1.82) is 0 Å². The highest BCUT2D eigenvalue weighted by Crippen LogP contribution is 2.17. The molecular weight excluding hydrogens is 236 g/mol. The zero-order chi connectivity index (χ0) is 13.1. The van der Waals surface area contributed by atoms with Gasteiger partial charge in [-0.15, -0.1) is 0 Å². The average Bonchev–Trinajstić information content (AvgIpc) is 2.47. The highest BCUT2D eigenvalue weighted by Gasteiger charge is 2.01. The Hall–Kier alpha value is -2.62. The van der Waals surface area contributed by atoms with Crippen molar-refractivity contribution in [3.63, 3.8) is 0 Å². The van der Waals surface area contributed by atoms with Crippen LogP contribution >= 0.6 is 0 Å². The van der Waals surface area contributed by atoms with E-state index in [1.54, 1.807) is 6.20 Å². The molecule has 0 bridgehead atoms. The Morgan fingerprint density at radius 3 is 2.74 bits per heavy atom. The van der Waals surface area contributed by atoms with Crippen molar-refractivity contribution in [2.75, 3.05) is 11.1 Å². The van der Waals surface area contributed by atoms with E-state index >= 15 is 0 Å². The van der Waals surface area contributed by atoms with Gasteiger partial charge in [0.1, 0.15) is 5.82 Å². The van der Waals surface area contributed by atoms with Gasteiger partial charge in [0.15, 0.2) is 0 Å². The van der Waals surface area contributed by atoms with Crippen LogP contribution in [0, 0.1) is 0 Å². The van der Waals surface area contributed by atoms with Crippen LogP contribution in [-0.2, 0) is 6.54 Å². The summed E-state index contributed by atoms with van der Waals surface area (Å²) < 4.78 is 0. The molecule has 2 heterocycles. The molecule has 94 valence electrons. The molecular formula is C15H14N4. The maximum atomic E-state index is 5.61. The molecule has 0 spiro atoms. The summed E-state index contributed by atoms with van der Waals surface area (Å²) in [4.78, 5) is 8.64. The number of benzene rings is 1. The zero-order valence-corrected chi connectivity index (χ0v) is 10.4. The lowest BCUT2D eigenvalue weighted by Gasteiger charge is -2.08. The summed E-state index contributed by atoms with van der Waals surface area (Å²) >= 11 is 0. The number of nitrogens with two attached hydrogens (primary N) is 1. The molecule has 1 aromatic carbocycles. The Morgan fingerprint density at radius 1 is 1.00 bits per heavy atom. The molecule has 4 heteroatoms.